The minimum atomic E-state index is -2.88. The van der Waals surface area contributed by atoms with Crippen LogP contribution in [0.4, 0.5) is 14.6 Å². The van der Waals surface area contributed by atoms with Crippen LogP contribution in [0.2, 0.25) is 10.0 Å². The summed E-state index contributed by atoms with van der Waals surface area (Å²) in [7, 11) is 0. The number of aromatic nitrogens is 2. The molecule has 2 aromatic carbocycles. The number of hydrogen-bond donors (Lipinski definition) is 1. The topological polar surface area (TPSA) is 56.1 Å². The standard InChI is InChI=1S/C21H17Cl2F2N3O2/c1-13-11-19(27-28(13)12-16-17(22)3-2-4-18(16)23)26-20(29)10-7-14-5-8-15(9-6-14)30-21(24)25/h2-11,21H,12H2,1H3,(H,26,27,29)/b10-7-. The summed E-state index contributed by atoms with van der Waals surface area (Å²) in [5.74, 6) is 0.0422. The second kappa shape index (κ2) is 9.73. The van der Waals surface area contributed by atoms with Crippen LogP contribution in [-0.2, 0) is 11.3 Å². The lowest BCUT2D eigenvalue weighted by atomic mass is 10.2. The molecule has 0 bridgehead atoms. The quantitative estimate of drug-likeness (QED) is 0.461. The van der Waals surface area contributed by atoms with E-state index in [2.05, 4.69) is 15.2 Å². The van der Waals surface area contributed by atoms with Gasteiger partial charge in [0.25, 0.3) is 0 Å². The van der Waals surface area contributed by atoms with Crippen molar-refractivity contribution in [3.8, 4) is 5.75 Å². The highest BCUT2D eigenvalue weighted by Gasteiger charge is 2.11. The van der Waals surface area contributed by atoms with Gasteiger partial charge >= 0.3 is 6.61 Å². The number of nitrogens with zero attached hydrogens (tertiary/aromatic N) is 2. The van der Waals surface area contributed by atoms with Crippen molar-refractivity contribution < 1.29 is 18.3 Å². The molecule has 3 rings (SSSR count). The van der Waals surface area contributed by atoms with Crippen LogP contribution < -0.4 is 10.1 Å². The summed E-state index contributed by atoms with van der Waals surface area (Å²) in [6.07, 6.45) is 2.87. The van der Waals surface area contributed by atoms with Gasteiger partial charge in [0.1, 0.15) is 5.75 Å². The van der Waals surface area contributed by atoms with Gasteiger partial charge in [0, 0.05) is 33.4 Å². The SMILES string of the molecule is Cc1cc(NC(=O)/C=C\c2ccc(OC(F)F)cc2)nn1Cc1c(Cl)cccc1Cl. The van der Waals surface area contributed by atoms with E-state index in [0.29, 0.717) is 28.0 Å². The number of carbonyl (C=O) groups is 1. The molecular weight excluding hydrogens is 435 g/mol. The Hall–Kier alpha value is -2.90. The fourth-order valence-corrected chi connectivity index (χ4v) is 3.18. The van der Waals surface area contributed by atoms with Crippen molar-refractivity contribution in [3.63, 3.8) is 0 Å². The Morgan fingerprint density at radius 3 is 2.50 bits per heavy atom. The molecule has 0 unspecified atom stereocenters. The molecule has 0 saturated carbocycles. The molecule has 1 amide bonds. The highest BCUT2D eigenvalue weighted by atomic mass is 35.5. The lowest BCUT2D eigenvalue weighted by Gasteiger charge is -2.08. The number of anilines is 1. The van der Waals surface area contributed by atoms with E-state index in [1.807, 2.05) is 6.92 Å². The maximum Gasteiger partial charge on any atom is 0.387 e. The first-order valence-electron chi connectivity index (χ1n) is 8.83. The number of carbonyl (C=O) groups excluding carboxylic acids is 1. The molecule has 0 radical (unpaired) electrons. The van der Waals surface area contributed by atoms with E-state index in [1.54, 1.807) is 47.2 Å². The molecule has 0 aliphatic rings. The highest BCUT2D eigenvalue weighted by molar-refractivity contribution is 6.35. The second-order valence-electron chi connectivity index (χ2n) is 6.30. The maximum atomic E-state index is 12.2. The fraction of sp³-hybridized carbons (Fsp3) is 0.143. The van der Waals surface area contributed by atoms with Gasteiger partial charge in [-0.05, 0) is 42.8 Å². The van der Waals surface area contributed by atoms with Crippen LogP contribution in [-0.4, -0.2) is 22.3 Å². The third-order valence-electron chi connectivity index (χ3n) is 4.13. The first-order valence-corrected chi connectivity index (χ1v) is 9.58. The summed E-state index contributed by atoms with van der Waals surface area (Å²) in [4.78, 5) is 12.2. The molecule has 1 N–H and O–H groups in total. The number of benzene rings is 2. The Morgan fingerprint density at radius 1 is 1.20 bits per heavy atom. The van der Waals surface area contributed by atoms with E-state index in [4.69, 9.17) is 23.2 Å². The summed E-state index contributed by atoms with van der Waals surface area (Å²) in [6.45, 7) is -0.663. The summed E-state index contributed by atoms with van der Waals surface area (Å²) < 4.78 is 30.3. The van der Waals surface area contributed by atoms with Crippen LogP contribution in [0, 0.1) is 6.92 Å². The first-order chi connectivity index (χ1) is 14.3. The van der Waals surface area contributed by atoms with Crippen molar-refractivity contribution in [2.45, 2.75) is 20.1 Å². The second-order valence-corrected chi connectivity index (χ2v) is 7.11. The number of amides is 1. The number of aryl methyl sites for hydroxylation is 1. The van der Waals surface area contributed by atoms with Crippen LogP contribution in [0.3, 0.4) is 0 Å². The Morgan fingerprint density at radius 2 is 1.87 bits per heavy atom. The Labute approximate surface area is 181 Å². The summed E-state index contributed by atoms with van der Waals surface area (Å²) in [5, 5.41) is 8.12. The number of alkyl halides is 2. The third kappa shape index (κ3) is 5.81. The van der Waals surface area contributed by atoms with E-state index in [0.717, 1.165) is 11.3 Å². The van der Waals surface area contributed by atoms with Crippen LogP contribution in [0.5, 0.6) is 5.75 Å². The van der Waals surface area contributed by atoms with Crippen molar-refractivity contribution in [1.29, 1.82) is 0 Å². The molecule has 0 aliphatic carbocycles. The van der Waals surface area contributed by atoms with Crippen LogP contribution in [0.1, 0.15) is 16.8 Å². The zero-order valence-corrected chi connectivity index (χ0v) is 17.3. The zero-order chi connectivity index (χ0) is 21.7. The number of ether oxygens (including phenoxy) is 1. The molecule has 1 heterocycles. The van der Waals surface area contributed by atoms with Crippen molar-refractivity contribution in [3.05, 3.63) is 81.5 Å². The predicted octanol–water partition coefficient (Wildman–Crippen LogP) is 5.80. The summed E-state index contributed by atoms with van der Waals surface area (Å²) in [6, 6.07) is 12.9. The summed E-state index contributed by atoms with van der Waals surface area (Å²) in [5.41, 5.74) is 2.21. The molecule has 0 spiro atoms. The van der Waals surface area contributed by atoms with Gasteiger partial charge in [-0.25, -0.2) is 0 Å². The molecular formula is C21H17Cl2F2N3O2. The van der Waals surface area contributed by atoms with Gasteiger partial charge in [-0.1, -0.05) is 41.4 Å². The lowest BCUT2D eigenvalue weighted by molar-refractivity contribution is -0.111. The Bertz CT molecular complexity index is 1050. The van der Waals surface area contributed by atoms with Crippen molar-refractivity contribution in [2.75, 3.05) is 5.32 Å². The molecule has 156 valence electrons. The van der Waals surface area contributed by atoms with Crippen LogP contribution in [0.25, 0.3) is 6.08 Å². The maximum absolute atomic E-state index is 12.2. The van der Waals surface area contributed by atoms with Gasteiger partial charge < -0.3 is 10.1 Å². The van der Waals surface area contributed by atoms with Crippen LogP contribution >= 0.6 is 23.2 Å². The van der Waals surface area contributed by atoms with E-state index in [9.17, 15) is 13.6 Å². The number of nitrogens with one attached hydrogen (secondary N) is 1. The minimum Gasteiger partial charge on any atom is -0.435 e. The molecule has 0 saturated heterocycles. The molecule has 9 heteroatoms. The molecule has 30 heavy (non-hydrogen) atoms. The van der Waals surface area contributed by atoms with Gasteiger partial charge in [0.05, 0.1) is 6.54 Å². The smallest absolute Gasteiger partial charge is 0.387 e. The molecule has 1 aromatic heterocycles. The minimum absolute atomic E-state index is 0.0474. The number of rotatable bonds is 7. The summed E-state index contributed by atoms with van der Waals surface area (Å²) >= 11 is 12.4. The van der Waals surface area contributed by atoms with Crippen molar-refractivity contribution in [1.82, 2.24) is 9.78 Å². The van der Waals surface area contributed by atoms with Gasteiger partial charge in [-0.15, -0.1) is 0 Å². The lowest BCUT2D eigenvalue weighted by Crippen LogP contribution is -2.10. The average molecular weight is 452 g/mol. The first kappa shape index (κ1) is 21.8. The van der Waals surface area contributed by atoms with E-state index in [-0.39, 0.29) is 11.7 Å². The van der Waals surface area contributed by atoms with Gasteiger partial charge in [-0.3, -0.25) is 9.48 Å². The molecule has 0 aliphatic heterocycles. The normalized spacial score (nSPS) is 11.3. The Balaban J connectivity index is 1.63. The van der Waals surface area contributed by atoms with Crippen molar-refractivity contribution in [2.24, 2.45) is 0 Å². The van der Waals surface area contributed by atoms with Crippen LogP contribution in [0.15, 0.2) is 54.6 Å². The average Bonchev–Trinajstić information content (AvgIpc) is 3.02. The highest BCUT2D eigenvalue weighted by Crippen LogP contribution is 2.26. The zero-order valence-electron chi connectivity index (χ0n) is 15.8. The number of halogens is 4. The van der Waals surface area contributed by atoms with Crippen molar-refractivity contribution >= 4 is 41.0 Å². The van der Waals surface area contributed by atoms with Gasteiger partial charge in [0.15, 0.2) is 5.82 Å². The van der Waals surface area contributed by atoms with Gasteiger partial charge in [-0.2, -0.15) is 13.9 Å². The predicted molar refractivity (Wildman–Crippen MR) is 113 cm³/mol. The molecule has 5 nitrogen and oxygen atoms in total. The third-order valence-corrected chi connectivity index (χ3v) is 4.84. The van der Waals surface area contributed by atoms with E-state index < -0.39 is 6.61 Å². The Kier molecular flexibility index (Phi) is 7.07. The molecule has 3 aromatic rings. The molecule has 0 atom stereocenters. The van der Waals surface area contributed by atoms with Gasteiger partial charge in [0.2, 0.25) is 5.91 Å². The number of hydrogen-bond acceptors (Lipinski definition) is 3. The van der Waals surface area contributed by atoms with E-state index in [1.165, 1.54) is 18.2 Å². The largest absolute Gasteiger partial charge is 0.435 e. The fourth-order valence-electron chi connectivity index (χ4n) is 2.66. The molecule has 0 fully saturated rings. The van der Waals surface area contributed by atoms with E-state index >= 15 is 0 Å². The monoisotopic (exact) mass is 451 g/mol.